The summed E-state index contributed by atoms with van der Waals surface area (Å²) in [5, 5.41) is 9.30. The summed E-state index contributed by atoms with van der Waals surface area (Å²) in [6.07, 6.45) is 3.77. The number of halogens is 1. The van der Waals surface area contributed by atoms with E-state index in [9.17, 15) is 9.90 Å². The van der Waals surface area contributed by atoms with Gasteiger partial charge < -0.3 is 5.11 Å². The van der Waals surface area contributed by atoms with E-state index in [1.54, 1.807) is 0 Å². The summed E-state index contributed by atoms with van der Waals surface area (Å²) in [5.74, 6) is -0.794. The Kier molecular flexibility index (Phi) is 2.15. The highest BCUT2D eigenvalue weighted by Crippen LogP contribution is 2.58. The van der Waals surface area contributed by atoms with Crippen LogP contribution >= 0.6 is 15.9 Å². The summed E-state index contributed by atoms with van der Waals surface area (Å²) in [7, 11) is 0. The minimum absolute atomic E-state index is 0.0385. The topological polar surface area (TPSA) is 37.3 Å². The number of rotatable bonds is 1. The lowest BCUT2D eigenvalue weighted by molar-refractivity contribution is -0.143. The number of hydrogen-bond acceptors (Lipinski definition) is 1. The van der Waals surface area contributed by atoms with E-state index in [1.807, 2.05) is 0 Å². The lowest BCUT2D eigenvalue weighted by Crippen LogP contribution is -2.33. The predicted octanol–water partition coefficient (Wildman–Crippen LogP) is 3.13. The fraction of sp³-hybridized carbons (Fsp3) is 0.462. The first kappa shape index (κ1) is 10.3. The fourth-order valence-electron chi connectivity index (χ4n) is 3.11. The molecule has 3 rings (SSSR count). The molecule has 1 fully saturated rings. The zero-order valence-corrected chi connectivity index (χ0v) is 10.5. The second kappa shape index (κ2) is 3.33. The number of carboxylic acid groups (broad SMARTS) is 1. The summed E-state index contributed by atoms with van der Waals surface area (Å²) >= 11 is 3.48. The molecule has 1 aromatic carbocycles. The minimum atomic E-state index is -0.622. The molecule has 2 aliphatic carbocycles. The Morgan fingerprint density at radius 1 is 1.44 bits per heavy atom. The summed E-state index contributed by atoms with van der Waals surface area (Å²) in [5.41, 5.74) is 2.59. The SMILES string of the molecule is O=C(O)C1CCc2ccc(Br)cc2C12CC2. The van der Waals surface area contributed by atoms with Crippen LogP contribution in [-0.4, -0.2) is 11.1 Å². The molecular formula is C13H13BrO2. The maximum atomic E-state index is 11.3. The van der Waals surface area contributed by atoms with Crippen LogP contribution in [0.5, 0.6) is 0 Å². The van der Waals surface area contributed by atoms with Crippen LogP contribution in [0.15, 0.2) is 22.7 Å². The van der Waals surface area contributed by atoms with Crippen LogP contribution in [0.2, 0.25) is 0 Å². The van der Waals surface area contributed by atoms with E-state index in [2.05, 4.69) is 34.1 Å². The molecule has 3 heteroatoms. The standard InChI is InChI=1S/C13H13BrO2/c14-9-3-1-8-2-4-10(12(15)16)13(5-6-13)11(8)7-9/h1,3,7,10H,2,4-6H2,(H,15,16). The van der Waals surface area contributed by atoms with Crippen molar-refractivity contribution in [1.29, 1.82) is 0 Å². The molecule has 0 amide bonds. The minimum Gasteiger partial charge on any atom is -0.481 e. The third-order valence-corrected chi connectivity index (χ3v) is 4.56. The first-order chi connectivity index (χ1) is 7.63. The molecule has 2 nitrogen and oxygen atoms in total. The Hall–Kier alpha value is -0.830. The molecule has 84 valence electrons. The van der Waals surface area contributed by atoms with E-state index in [1.165, 1.54) is 11.1 Å². The van der Waals surface area contributed by atoms with Crippen molar-refractivity contribution in [2.75, 3.05) is 0 Å². The van der Waals surface area contributed by atoms with Gasteiger partial charge in [0.25, 0.3) is 0 Å². The van der Waals surface area contributed by atoms with Gasteiger partial charge in [-0.05, 0) is 48.9 Å². The molecule has 0 aromatic heterocycles. The third kappa shape index (κ3) is 1.34. The Labute approximate surface area is 103 Å². The maximum absolute atomic E-state index is 11.3. The zero-order valence-electron chi connectivity index (χ0n) is 8.87. The van der Waals surface area contributed by atoms with Crippen molar-refractivity contribution in [3.63, 3.8) is 0 Å². The molecule has 0 saturated heterocycles. The maximum Gasteiger partial charge on any atom is 0.307 e. The molecule has 1 saturated carbocycles. The van der Waals surface area contributed by atoms with Gasteiger partial charge in [-0.3, -0.25) is 4.79 Å². The van der Waals surface area contributed by atoms with E-state index in [0.717, 1.165) is 30.2 Å². The monoisotopic (exact) mass is 280 g/mol. The predicted molar refractivity (Wildman–Crippen MR) is 64.5 cm³/mol. The lowest BCUT2D eigenvalue weighted by atomic mass is 9.72. The van der Waals surface area contributed by atoms with Gasteiger partial charge >= 0.3 is 5.97 Å². The first-order valence-corrected chi connectivity index (χ1v) is 6.44. The van der Waals surface area contributed by atoms with Crippen molar-refractivity contribution in [3.8, 4) is 0 Å². The van der Waals surface area contributed by atoms with Gasteiger partial charge in [0.05, 0.1) is 5.92 Å². The number of aliphatic carboxylic acids is 1. The summed E-state index contributed by atoms with van der Waals surface area (Å²) in [4.78, 5) is 11.3. The average Bonchev–Trinajstić information content (AvgIpc) is 3.00. The summed E-state index contributed by atoms with van der Waals surface area (Å²) in [6.45, 7) is 0. The van der Waals surface area contributed by atoms with Gasteiger partial charge in [-0.2, -0.15) is 0 Å². The molecular weight excluding hydrogens is 268 g/mol. The second-order valence-corrected chi connectivity index (χ2v) is 5.80. The highest BCUT2D eigenvalue weighted by atomic mass is 79.9. The first-order valence-electron chi connectivity index (χ1n) is 5.65. The number of hydrogen-bond donors (Lipinski definition) is 1. The Morgan fingerprint density at radius 2 is 2.19 bits per heavy atom. The Bertz CT molecular complexity index is 463. The molecule has 1 atom stereocenters. The van der Waals surface area contributed by atoms with E-state index in [0.29, 0.717) is 0 Å². The van der Waals surface area contributed by atoms with Gasteiger partial charge in [-0.15, -0.1) is 0 Å². The lowest BCUT2D eigenvalue weighted by Gasteiger charge is -2.31. The third-order valence-electron chi connectivity index (χ3n) is 4.06. The van der Waals surface area contributed by atoms with Gasteiger partial charge in [0.1, 0.15) is 0 Å². The van der Waals surface area contributed by atoms with Crippen LogP contribution in [0.3, 0.4) is 0 Å². The molecule has 1 aromatic rings. The average molecular weight is 281 g/mol. The van der Waals surface area contributed by atoms with Gasteiger partial charge in [0.2, 0.25) is 0 Å². The van der Waals surface area contributed by atoms with Crippen molar-refractivity contribution >= 4 is 21.9 Å². The molecule has 1 N–H and O–H groups in total. The fourth-order valence-corrected chi connectivity index (χ4v) is 3.47. The van der Waals surface area contributed by atoms with Crippen LogP contribution < -0.4 is 0 Å². The molecule has 0 heterocycles. The second-order valence-electron chi connectivity index (χ2n) is 4.89. The van der Waals surface area contributed by atoms with Crippen molar-refractivity contribution in [3.05, 3.63) is 33.8 Å². The Morgan fingerprint density at radius 3 is 2.81 bits per heavy atom. The normalized spacial score (nSPS) is 25.2. The van der Waals surface area contributed by atoms with E-state index >= 15 is 0 Å². The molecule has 1 spiro atoms. The number of carboxylic acids is 1. The van der Waals surface area contributed by atoms with Gasteiger partial charge in [-0.25, -0.2) is 0 Å². The van der Waals surface area contributed by atoms with Crippen LogP contribution in [-0.2, 0) is 16.6 Å². The van der Waals surface area contributed by atoms with Crippen LogP contribution in [0, 0.1) is 5.92 Å². The van der Waals surface area contributed by atoms with E-state index in [-0.39, 0.29) is 11.3 Å². The zero-order chi connectivity index (χ0) is 11.3. The molecule has 0 aliphatic heterocycles. The summed E-state index contributed by atoms with van der Waals surface area (Å²) in [6, 6.07) is 6.31. The van der Waals surface area contributed by atoms with Crippen LogP contribution in [0.1, 0.15) is 30.4 Å². The number of aryl methyl sites for hydroxylation is 1. The van der Waals surface area contributed by atoms with Crippen molar-refractivity contribution < 1.29 is 9.90 Å². The smallest absolute Gasteiger partial charge is 0.307 e. The van der Waals surface area contributed by atoms with Crippen LogP contribution in [0.4, 0.5) is 0 Å². The highest BCUT2D eigenvalue weighted by molar-refractivity contribution is 9.10. The van der Waals surface area contributed by atoms with Crippen molar-refractivity contribution in [1.82, 2.24) is 0 Å². The van der Waals surface area contributed by atoms with Crippen molar-refractivity contribution in [2.45, 2.75) is 31.1 Å². The highest BCUT2D eigenvalue weighted by Gasteiger charge is 2.56. The van der Waals surface area contributed by atoms with Gasteiger partial charge in [0, 0.05) is 9.89 Å². The molecule has 0 bridgehead atoms. The number of benzene rings is 1. The van der Waals surface area contributed by atoms with Gasteiger partial charge in [-0.1, -0.05) is 22.0 Å². The van der Waals surface area contributed by atoms with Crippen LogP contribution in [0.25, 0.3) is 0 Å². The molecule has 0 radical (unpaired) electrons. The van der Waals surface area contributed by atoms with E-state index in [4.69, 9.17) is 0 Å². The van der Waals surface area contributed by atoms with Gasteiger partial charge in [0.15, 0.2) is 0 Å². The summed E-state index contributed by atoms with van der Waals surface area (Å²) < 4.78 is 1.06. The quantitative estimate of drug-likeness (QED) is 0.858. The molecule has 1 unspecified atom stereocenters. The molecule has 16 heavy (non-hydrogen) atoms. The number of fused-ring (bicyclic) bond motifs is 2. The molecule has 2 aliphatic rings. The Balaban J connectivity index is 2.11. The number of carbonyl (C=O) groups is 1. The van der Waals surface area contributed by atoms with E-state index < -0.39 is 5.97 Å². The largest absolute Gasteiger partial charge is 0.481 e. The van der Waals surface area contributed by atoms with Crippen molar-refractivity contribution in [2.24, 2.45) is 5.92 Å².